The van der Waals surface area contributed by atoms with Gasteiger partial charge in [-0.05, 0) is 49.9 Å². The van der Waals surface area contributed by atoms with Crippen molar-refractivity contribution in [2.24, 2.45) is 0 Å². The molecule has 29 heavy (non-hydrogen) atoms. The fourth-order valence-corrected chi connectivity index (χ4v) is 3.55. The Morgan fingerprint density at radius 3 is 2.66 bits per heavy atom. The number of rotatable bonds is 6. The summed E-state index contributed by atoms with van der Waals surface area (Å²) in [7, 11) is 0. The van der Waals surface area contributed by atoms with Gasteiger partial charge in [-0.1, -0.05) is 12.1 Å². The summed E-state index contributed by atoms with van der Waals surface area (Å²) in [5.41, 5.74) is 4.71. The lowest BCUT2D eigenvalue weighted by Crippen LogP contribution is -2.31. The quantitative estimate of drug-likeness (QED) is 0.697. The van der Waals surface area contributed by atoms with Gasteiger partial charge in [0, 0.05) is 25.0 Å². The minimum atomic E-state index is 0.632. The van der Waals surface area contributed by atoms with Gasteiger partial charge in [-0.25, -0.2) is 9.97 Å². The van der Waals surface area contributed by atoms with E-state index in [-0.39, 0.29) is 0 Å². The molecular formula is C22H25N7. The van der Waals surface area contributed by atoms with E-state index in [1.165, 1.54) is 19.3 Å². The highest BCUT2D eigenvalue weighted by Crippen LogP contribution is 2.17. The first-order valence-corrected chi connectivity index (χ1v) is 10.0. The van der Waals surface area contributed by atoms with E-state index in [4.69, 9.17) is 10.2 Å². The Morgan fingerprint density at radius 1 is 1.10 bits per heavy atom. The summed E-state index contributed by atoms with van der Waals surface area (Å²) < 4.78 is 1.88. The summed E-state index contributed by atoms with van der Waals surface area (Å²) >= 11 is 0. The lowest BCUT2D eigenvalue weighted by molar-refractivity contribution is 0.567. The van der Waals surface area contributed by atoms with Crippen molar-refractivity contribution in [2.75, 3.05) is 23.3 Å². The maximum atomic E-state index is 8.90. The molecule has 1 fully saturated rings. The van der Waals surface area contributed by atoms with Gasteiger partial charge in [-0.3, -0.25) is 4.68 Å². The van der Waals surface area contributed by atoms with Crippen molar-refractivity contribution in [3.8, 4) is 6.07 Å². The summed E-state index contributed by atoms with van der Waals surface area (Å²) in [5.74, 6) is 0.845. The van der Waals surface area contributed by atoms with Crippen molar-refractivity contribution in [1.29, 1.82) is 5.26 Å². The normalized spacial score (nSPS) is 13.9. The zero-order valence-electron chi connectivity index (χ0n) is 16.7. The molecule has 0 saturated carbocycles. The van der Waals surface area contributed by atoms with Crippen molar-refractivity contribution in [3.63, 3.8) is 0 Å². The lowest BCUT2D eigenvalue weighted by Gasteiger charge is -2.27. The molecule has 148 valence electrons. The van der Waals surface area contributed by atoms with Crippen LogP contribution in [0.5, 0.6) is 0 Å². The summed E-state index contributed by atoms with van der Waals surface area (Å²) in [6.45, 7) is 5.40. The number of anilines is 2. The van der Waals surface area contributed by atoms with Crippen LogP contribution in [0.1, 0.15) is 41.8 Å². The van der Waals surface area contributed by atoms with Crippen LogP contribution in [0.25, 0.3) is 0 Å². The van der Waals surface area contributed by atoms with Crippen LogP contribution in [0.4, 0.5) is 11.6 Å². The summed E-state index contributed by atoms with van der Waals surface area (Å²) in [6.07, 6.45) is 7.52. The minimum Gasteiger partial charge on any atom is -0.377 e. The van der Waals surface area contributed by atoms with Crippen LogP contribution in [-0.4, -0.2) is 32.8 Å². The first kappa shape index (κ1) is 18.9. The second kappa shape index (κ2) is 8.74. The highest BCUT2D eigenvalue weighted by molar-refractivity contribution is 5.40. The van der Waals surface area contributed by atoms with Gasteiger partial charge in [0.05, 0.1) is 42.3 Å². The summed E-state index contributed by atoms with van der Waals surface area (Å²) in [5, 5.41) is 16.7. The number of nitrogens with one attached hydrogen (secondary N) is 1. The van der Waals surface area contributed by atoms with Crippen LogP contribution < -0.4 is 10.2 Å². The zero-order valence-corrected chi connectivity index (χ0v) is 16.7. The Balaban J connectivity index is 1.38. The largest absolute Gasteiger partial charge is 0.377 e. The average Bonchev–Trinajstić information content (AvgIpc) is 3.20. The molecule has 0 amide bonds. The first-order chi connectivity index (χ1) is 14.2. The topological polar surface area (TPSA) is 82.7 Å². The maximum absolute atomic E-state index is 8.90. The molecule has 3 heterocycles. The first-order valence-electron chi connectivity index (χ1n) is 10.0. The van der Waals surface area contributed by atoms with Gasteiger partial charge in [-0.15, -0.1) is 0 Å². The van der Waals surface area contributed by atoms with Crippen LogP contribution in [0.15, 0.2) is 42.7 Å². The third-order valence-electron chi connectivity index (χ3n) is 5.07. The monoisotopic (exact) mass is 387 g/mol. The molecule has 1 aliphatic heterocycles. The van der Waals surface area contributed by atoms with Crippen molar-refractivity contribution < 1.29 is 0 Å². The molecule has 1 N–H and O–H groups in total. The van der Waals surface area contributed by atoms with Crippen LogP contribution in [0, 0.1) is 18.3 Å². The van der Waals surface area contributed by atoms with E-state index < -0.39 is 0 Å². The molecule has 0 spiro atoms. The number of benzene rings is 1. The molecule has 1 aliphatic rings. The van der Waals surface area contributed by atoms with Crippen LogP contribution in [-0.2, 0) is 13.1 Å². The molecule has 4 rings (SSSR count). The highest BCUT2D eigenvalue weighted by Gasteiger charge is 2.14. The molecule has 2 aromatic heterocycles. The smallest absolute Gasteiger partial charge is 0.225 e. The number of nitriles is 1. The van der Waals surface area contributed by atoms with Gasteiger partial charge in [0.2, 0.25) is 5.95 Å². The van der Waals surface area contributed by atoms with E-state index >= 15 is 0 Å². The minimum absolute atomic E-state index is 0.632. The SMILES string of the molecule is Cc1cc(CNc2cnn(Cc3ccc(C#N)cc3)c2)nc(N2CCCCC2)n1. The molecule has 0 unspecified atom stereocenters. The molecular weight excluding hydrogens is 362 g/mol. The van der Waals surface area contributed by atoms with E-state index in [0.717, 1.165) is 41.7 Å². The third kappa shape index (κ3) is 4.91. The Morgan fingerprint density at radius 2 is 1.90 bits per heavy atom. The van der Waals surface area contributed by atoms with E-state index in [0.29, 0.717) is 18.7 Å². The van der Waals surface area contributed by atoms with Gasteiger partial charge >= 0.3 is 0 Å². The van der Waals surface area contributed by atoms with Crippen molar-refractivity contribution in [3.05, 3.63) is 65.2 Å². The number of aryl methyl sites for hydroxylation is 1. The van der Waals surface area contributed by atoms with E-state index in [9.17, 15) is 0 Å². The fourth-order valence-electron chi connectivity index (χ4n) is 3.55. The second-order valence-corrected chi connectivity index (χ2v) is 7.44. The van der Waals surface area contributed by atoms with Gasteiger partial charge in [0.1, 0.15) is 0 Å². The Hall–Kier alpha value is -3.40. The van der Waals surface area contributed by atoms with Crippen molar-refractivity contribution in [2.45, 2.75) is 39.3 Å². The summed E-state index contributed by atoms with van der Waals surface area (Å²) in [6, 6.07) is 11.7. The van der Waals surface area contributed by atoms with Crippen molar-refractivity contribution >= 4 is 11.6 Å². The number of hydrogen-bond acceptors (Lipinski definition) is 6. The molecule has 1 saturated heterocycles. The number of aromatic nitrogens is 4. The van der Waals surface area contributed by atoms with Crippen molar-refractivity contribution in [1.82, 2.24) is 19.7 Å². The molecule has 0 bridgehead atoms. The lowest BCUT2D eigenvalue weighted by atomic mass is 10.1. The maximum Gasteiger partial charge on any atom is 0.225 e. The van der Waals surface area contributed by atoms with E-state index in [1.807, 2.05) is 54.3 Å². The van der Waals surface area contributed by atoms with Crippen LogP contribution >= 0.6 is 0 Å². The fraction of sp³-hybridized carbons (Fsp3) is 0.364. The van der Waals surface area contributed by atoms with Gasteiger partial charge in [-0.2, -0.15) is 10.4 Å². The van der Waals surface area contributed by atoms with Gasteiger partial charge < -0.3 is 10.2 Å². The summed E-state index contributed by atoms with van der Waals surface area (Å²) in [4.78, 5) is 11.7. The zero-order chi connectivity index (χ0) is 20.1. The predicted octanol–water partition coefficient (Wildman–Crippen LogP) is 3.50. The van der Waals surface area contributed by atoms with E-state index in [1.54, 1.807) is 0 Å². The molecule has 7 heteroatoms. The van der Waals surface area contributed by atoms with E-state index in [2.05, 4.69) is 26.4 Å². The second-order valence-electron chi connectivity index (χ2n) is 7.44. The van der Waals surface area contributed by atoms with Crippen LogP contribution in [0.2, 0.25) is 0 Å². The third-order valence-corrected chi connectivity index (χ3v) is 5.07. The highest BCUT2D eigenvalue weighted by atomic mass is 15.3. The van der Waals surface area contributed by atoms with Gasteiger partial charge in [0.25, 0.3) is 0 Å². The Bertz CT molecular complexity index is 995. The van der Waals surface area contributed by atoms with Gasteiger partial charge in [0.15, 0.2) is 0 Å². The molecule has 0 aliphatic carbocycles. The number of piperidine rings is 1. The Kier molecular flexibility index (Phi) is 5.71. The molecule has 3 aromatic rings. The molecule has 1 aromatic carbocycles. The molecule has 0 atom stereocenters. The molecule has 7 nitrogen and oxygen atoms in total. The predicted molar refractivity (Wildman–Crippen MR) is 113 cm³/mol. The number of nitrogens with zero attached hydrogens (tertiary/aromatic N) is 6. The molecule has 0 radical (unpaired) electrons. The standard InChI is InChI=1S/C22H25N7/c1-17-11-20(27-22(26-17)28-9-3-2-4-10-28)13-24-21-14-25-29(16-21)15-19-7-5-18(12-23)6-8-19/h5-8,11,14,16,24H,2-4,9-10,13,15H2,1H3. The average molecular weight is 387 g/mol. The number of hydrogen-bond donors (Lipinski definition) is 1. The Labute approximate surface area is 171 Å². The van der Waals surface area contributed by atoms with Crippen LogP contribution in [0.3, 0.4) is 0 Å².